The van der Waals surface area contributed by atoms with Crippen molar-refractivity contribution in [2.45, 2.75) is 13.2 Å². The third kappa shape index (κ3) is 1.91. The van der Waals surface area contributed by atoms with Gasteiger partial charge in [-0.1, -0.05) is 0 Å². The Morgan fingerprint density at radius 2 is 2.15 bits per heavy atom. The van der Waals surface area contributed by atoms with Crippen LogP contribution in [0.25, 0.3) is 0 Å². The highest BCUT2D eigenvalue weighted by molar-refractivity contribution is 5.48. The smallest absolute Gasteiger partial charge is 0.162 e. The number of hydrogen-bond acceptors (Lipinski definition) is 4. The van der Waals surface area contributed by atoms with E-state index in [0.29, 0.717) is 16.9 Å². The molecule has 1 aromatic carbocycles. The molecule has 0 aromatic heterocycles. The molecule has 0 unspecified atom stereocenters. The molecule has 1 rings (SSSR count). The second-order valence-corrected chi connectivity index (χ2v) is 2.67. The molecule has 0 radical (unpaired) electrons. The minimum absolute atomic E-state index is 0.0437. The highest BCUT2D eigenvalue weighted by Crippen LogP contribution is 2.31. The first kappa shape index (κ1) is 9.83. The van der Waals surface area contributed by atoms with Crippen LogP contribution in [-0.2, 0) is 13.2 Å². The van der Waals surface area contributed by atoms with Crippen molar-refractivity contribution in [3.63, 3.8) is 0 Å². The fourth-order valence-electron chi connectivity index (χ4n) is 1.13. The van der Waals surface area contributed by atoms with Crippen LogP contribution in [0.1, 0.15) is 11.1 Å². The van der Waals surface area contributed by atoms with E-state index in [2.05, 4.69) is 0 Å². The van der Waals surface area contributed by atoms with Gasteiger partial charge in [0.1, 0.15) is 0 Å². The Morgan fingerprint density at radius 1 is 1.46 bits per heavy atom. The Kier molecular flexibility index (Phi) is 3.11. The van der Waals surface area contributed by atoms with Gasteiger partial charge >= 0.3 is 0 Å². The van der Waals surface area contributed by atoms with Crippen LogP contribution in [0.3, 0.4) is 0 Å². The number of phenolic OH excluding ortho intramolecular Hbond substituents is 1. The van der Waals surface area contributed by atoms with E-state index in [-0.39, 0.29) is 18.9 Å². The number of rotatable bonds is 3. The van der Waals surface area contributed by atoms with E-state index in [9.17, 15) is 5.11 Å². The minimum atomic E-state index is -0.0936. The number of phenols is 1. The molecule has 0 bridgehead atoms. The van der Waals surface area contributed by atoms with Crippen LogP contribution in [0, 0.1) is 0 Å². The van der Waals surface area contributed by atoms with E-state index in [1.54, 1.807) is 12.1 Å². The summed E-state index contributed by atoms with van der Waals surface area (Å²) in [5.41, 5.74) is 6.65. The molecule has 0 fully saturated rings. The average molecular weight is 183 g/mol. The topological polar surface area (TPSA) is 75.7 Å². The molecule has 0 amide bonds. The molecule has 0 saturated heterocycles. The van der Waals surface area contributed by atoms with E-state index >= 15 is 0 Å². The van der Waals surface area contributed by atoms with Gasteiger partial charge in [-0.3, -0.25) is 0 Å². The number of nitrogens with two attached hydrogens (primary N) is 1. The maximum Gasteiger partial charge on any atom is 0.162 e. The van der Waals surface area contributed by atoms with Gasteiger partial charge in [0.2, 0.25) is 0 Å². The van der Waals surface area contributed by atoms with Crippen molar-refractivity contribution in [2.75, 3.05) is 7.11 Å². The molecular weight excluding hydrogens is 170 g/mol. The summed E-state index contributed by atoms with van der Waals surface area (Å²) in [5, 5.41) is 18.4. The number of aliphatic hydroxyl groups excluding tert-OH is 1. The largest absolute Gasteiger partial charge is 0.504 e. The van der Waals surface area contributed by atoms with E-state index < -0.39 is 0 Å². The van der Waals surface area contributed by atoms with Crippen molar-refractivity contribution in [3.8, 4) is 11.5 Å². The molecular formula is C9H13NO3. The lowest BCUT2D eigenvalue weighted by Gasteiger charge is -2.09. The van der Waals surface area contributed by atoms with Gasteiger partial charge in [-0.25, -0.2) is 0 Å². The molecule has 0 saturated carbocycles. The molecule has 72 valence electrons. The summed E-state index contributed by atoms with van der Waals surface area (Å²) >= 11 is 0. The van der Waals surface area contributed by atoms with Crippen LogP contribution in [0.5, 0.6) is 11.5 Å². The summed E-state index contributed by atoms with van der Waals surface area (Å²) in [6.07, 6.45) is 0. The van der Waals surface area contributed by atoms with E-state index in [1.165, 1.54) is 7.11 Å². The third-order valence-electron chi connectivity index (χ3n) is 1.84. The molecule has 4 heteroatoms. The maximum absolute atomic E-state index is 9.52. The van der Waals surface area contributed by atoms with Gasteiger partial charge in [-0.15, -0.1) is 0 Å². The Balaban J connectivity index is 3.20. The summed E-state index contributed by atoms with van der Waals surface area (Å²) in [6, 6.07) is 3.23. The second-order valence-electron chi connectivity index (χ2n) is 2.67. The number of aliphatic hydroxyl groups is 1. The minimum Gasteiger partial charge on any atom is -0.504 e. The third-order valence-corrected chi connectivity index (χ3v) is 1.84. The lowest BCUT2D eigenvalue weighted by molar-refractivity contribution is 0.280. The first-order valence-corrected chi connectivity index (χ1v) is 3.92. The van der Waals surface area contributed by atoms with E-state index in [1.807, 2.05) is 0 Å². The Bertz CT molecular complexity index is 274. The lowest BCUT2D eigenvalue weighted by atomic mass is 10.1. The van der Waals surface area contributed by atoms with Crippen LogP contribution in [0.4, 0.5) is 0 Å². The predicted octanol–water partition coefficient (Wildman–Crippen LogP) is 0.352. The first-order valence-electron chi connectivity index (χ1n) is 3.92. The zero-order valence-electron chi connectivity index (χ0n) is 7.45. The van der Waals surface area contributed by atoms with Gasteiger partial charge in [-0.2, -0.15) is 0 Å². The number of ether oxygens (including phenoxy) is 1. The molecule has 0 aliphatic carbocycles. The predicted molar refractivity (Wildman–Crippen MR) is 48.5 cm³/mol. The molecule has 13 heavy (non-hydrogen) atoms. The van der Waals surface area contributed by atoms with Crippen LogP contribution in [0.2, 0.25) is 0 Å². The molecule has 1 aromatic rings. The molecule has 0 atom stereocenters. The highest BCUT2D eigenvalue weighted by Gasteiger charge is 2.08. The number of hydrogen-bond donors (Lipinski definition) is 3. The number of benzene rings is 1. The van der Waals surface area contributed by atoms with Gasteiger partial charge in [0.05, 0.1) is 13.7 Å². The Labute approximate surface area is 76.6 Å². The maximum atomic E-state index is 9.52. The molecule has 0 aliphatic heterocycles. The van der Waals surface area contributed by atoms with Gasteiger partial charge in [0.15, 0.2) is 11.5 Å². The monoisotopic (exact) mass is 183 g/mol. The number of methoxy groups -OCH3 is 1. The normalized spacial score (nSPS) is 10.1. The average Bonchev–Trinajstić information content (AvgIpc) is 2.18. The fourth-order valence-corrected chi connectivity index (χ4v) is 1.13. The summed E-state index contributed by atoms with van der Waals surface area (Å²) < 4.78 is 4.91. The molecule has 0 aliphatic rings. The molecule has 0 spiro atoms. The fraction of sp³-hybridized carbons (Fsp3) is 0.333. The van der Waals surface area contributed by atoms with Crippen molar-refractivity contribution < 1.29 is 14.9 Å². The van der Waals surface area contributed by atoms with Crippen molar-refractivity contribution in [1.29, 1.82) is 0 Å². The standard InChI is InChI=1S/C9H13NO3/c1-13-8-3-6(5-11)2-7(4-10)9(8)12/h2-3,11-12H,4-5,10H2,1H3. The van der Waals surface area contributed by atoms with Crippen LogP contribution >= 0.6 is 0 Å². The summed E-state index contributed by atoms with van der Waals surface area (Å²) in [4.78, 5) is 0. The van der Waals surface area contributed by atoms with E-state index in [0.717, 1.165) is 0 Å². The van der Waals surface area contributed by atoms with Gasteiger partial charge < -0.3 is 20.7 Å². The second kappa shape index (κ2) is 4.11. The van der Waals surface area contributed by atoms with Crippen LogP contribution < -0.4 is 10.5 Å². The molecule has 0 heterocycles. The van der Waals surface area contributed by atoms with E-state index in [4.69, 9.17) is 15.6 Å². The van der Waals surface area contributed by atoms with Gasteiger partial charge in [-0.05, 0) is 17.7 Å². The van der Waals surface area contributed by atoms with Crippen LogP contribution in [0.15, 0.2) is 12.1 Å². The van der Waals surface area contributed by atoms with Crippen molar-refractivity contribution in [2.24, 2.45) is 5.73 Å². The van der Waals surface area contributed by atoms with Gasteiger partial charge in [0.25, 0.3) is 0 Å². The Morgan fingerprint density at radius 3 is 2.62 bits per heavy atom. The number of aromatic hydroxyl groups is 1. The van der Waals surface area contributed by atoms with Crippen molar-refractivity contribution in [1.82, 2.24) is 0 Å². The van der Waals surface area contributed by atoms with Crippen molar-refractivity contribution in [3.05, 3.63) is 23.3 Å². The quantitative estimate of drug-likeness (QED) is 0.632. The SMILES string of the molecule is COc1cc(CO)cc(CN)c1O. The summed E-state index contributed by atoms with van der Waals surface area (Å²) in [5.74, 6) is 0.384. The lowest BCUT2D eigenvalue weighted by Crippen LogP contribution is -2.00. The highest BCUT2D eigenvalue weighted by atomic mass is 16.5. The summed E-state index contributed by atoms with van der Waals surface area (Å²) in [6.45, 7) is 0.125. The zero-order chi connectivity index (χ0) is 9.84. The van der Waals surface area contributed by atoms with Crippen molar-refractivity contribution >= 4 is 0 Å². The van der Waals surface area contributed by atoms with Gasteiger partial charge in [0, 0.05) is 12.1 Å². The Hall–Kier alpha value is -1.26. The zero-order valence-corrected chi connectivity index (χ0v) is 7.45. The first-order chi connectivity index (χ1) is 6.22. The molecule has 4 N–H and O–H groups in total. The molecule has 4 nitrogen and oxygen atoms in total. The summed E-state index contributed by atoms with van der Waals surface area (Å²) in [7, 11) is 1.45. The van der Waals surface area contributed by atoms with Crippen LogP contribution in [-0.4, -0.2) is 17.3 Å².